The smallest absolute Gasteiger partial charge is 0.310 e. The second-order valence-corrected chi connectivity index (χ2v) is 6.76. The zero-order chi connectivity index (χ0) is 19.2. The average Bonchev–Trinajstić information content (AvgIpc) is 3.34. The predicted molar refractivity (Wildman–Crippen MR) is 120 cm³/mol. The molecule has 0 saturated carbocycles. The molecule has 1 aliphatic heterocycles. The number of likely N-dealkylation sites (tertiary alicyclic amines) is 1. The number of nitrogens with one attached hydrogen (secondary N) is 1. The molecule has 1 aromatic heterocycles. The van der Waals surface area contributed by atoms with E-state index >= 15 is 0 Å². The number of halogens is 1. The summed E-state index contributed by atoms with van der Waals surface area (Å²) in [6.07, 6.45) is 3.69. The number of hydrogen-bond acceptors (Lipinski definition) is 4. The maximum atomic E-state index is 12.0. The van der Waals surface area contributed by atoms with Crippen molar-refractivity contribution >= 4 is 35.9 Å². The van der Waals surface area contributed by atoms with Crippen LogP contribution in [0.25, 0.3) is 5.69 Å². The number of benzene rings is 1. The number of para-hydroxylation sites is 1. The van der Waals surface area contributed by atoms with Gasteiger partial charge in [-0.2, -0.15) is 5.10 Å². The lowest BCUT2D eigenvalue weighted by Gasteiger charge is -2.21. The van der Waals surface area contributed by atoms with Gasteiger partial charge in [0.2, 0.25) is 0 Å². The molecule has 1 saturated heterocycles. The first-order valence-electron chi connectivity index (χ1n) is 9.33. The summed E-state index contributed by atoms with van der Waals surface area (Å²) in [5, 5.41) is 7.68. The van der Waals surface area contributed by atoms with Crippen molar-refractivity contribution < 1.29 is 9.53 Å². The van der Waals surface area contributed by atoms with Crippen LogP contribution in [-0.2, 0) is 16.1 Å². The van der Waals surface area contributed by atoms with Gasteiger partial charge in [0.05, 0.1) is 25.3 Å². The fraction of sp³-hybridized carbons (Fsp3) is 0.450. The van der Waals surface area contributed by atoms with Crippen molar-refractivity contribution in [3.05, 3.63) is 48.3 Å². The minimum Gasteiger partial charge on any atom is -0.469 e. The maximum Gasteiger partial charge on any atom is 0.310 e. The molecule has 2 aromatic rings. The molecule has 2 heterocycles. The Morgan fingerprint density at radius 2 is 2.11 bits per heavy atom. The Bertz CT molecular complexity index is 794. The number of methoxy groups -OCH3 is 1. The number of aromatic nitrogens is 2. The van der Waals surface area contributed by atoms with Crippen LogP contribution in [0.4, 0.5) is 0 Å². The Morgan fingerprint density at radius 1 is 1.32 bits per heavy atom. The van der Waals surface area contributed by atoms with Gasteiger partial charge in [-0.1, -0.05) is 25.1 Å². The van der Waals surface area contributed by atoms with Crippen molar-refractivity contribution in [1.82, 2.24) is 20.0 Å². The van der Waals surface area contributed by atoms with Crippen LogP contribution in [0.1, 0.15) is 19.4 Å². The molecule has 1 N–H and O–H groups in total. The van der Waals surface area contributed by atoms with Gasteiger partial charge in [-0.15, -0.1) is 24.0 Å². The maximum absolute atomic E-state index is 12.0. The molecule has 152 valence electrons. The molecule has 0 amide bonds. The van der Waals surface area contributed by atoms with Gasteiger partial charge in [0.1, 0.15) is 0 Å². The first-order chi connectivity index (χ1) is 13.1. The summed E-state index contributed by atoms with van der Waals surface area (Å²) in [6.45, 7) is 6.84. The number of carbonyl (C=O) groups excluding carboxylic acids is 1. The molecule has 0 spiro atoms. The van der Waals surface area contributed by atoms with E-state index in [1.165, 1.54) is 7.11 Å². The molecule has 1 aromatic carbocycles. The van der Waals surface area contributed by atoms with E-state index in [1.54, 1.807) is 6.20 Å². The van der Waals surface area contributed by atoms with Gasteiger partial charge in [0.15, 0.2) is 5.96 Å². The SMILES string of the molecule is CCNC(=NCc1ccccc1-n1cccn1)N1CC(C)C(C(=O)OC)C1.I. The predicted octanol–water partition coefficient (Wildman–Crippen LogP) is 2.70. The quantitative estimate of drug-likeness (QED) is 0.298. The Labute approximate surface area is 183 Å². The highest BCUT2D eigenvalue weighted by Crippen LogP contribution is 2.24. The summed E-state index contributed by atoms with van der Waals surface area (Å²) >= 11 is 0. The zero-order valence-electron chi connectivity index (χ0n) is 16.5. The monoisotopic (exact) mass is 497 g/mol. The third-order valence-electron chi connectivity index (χ3n) is 4.89. The summed E-state index contributed by atoms with van der Waals surface area (Å²) in [6, 6.07) is 10.0. The molecule has 2 atom stereocenters. The van der Waals surface area contributed by atoms with Crippen molar-refractivity contribution in [2.45, 2.75) is 20.4 Å². The van der Waals surface area contributed by atoms with E-state index in [-0.39, 0.29) is 41.8 Å². The second kappa shape index (κ2) is 10.4. The zero-order valence-corrected chi connectivity index (χ0v) is 18.9. The van der Waals surface area contributed by atoms with Crippen LogP contribution in [0.2, 0.25) is 0 Å². The molecular formula is C20H28IN5O2. The van der Waals surface area contributed by atoms with Crippen molar-refractivity contribution in [2.24, 2.45) is 16.8 Å². The number of nitrogens with zero attached hydrogens (tertiary/aromatic N) is 4. The third kappa shape index (κ3) is 5.03. The van der Waals surface area contributed by atoms with E-state index in [0.29, 0.717) is 13.1 Å². The van der Waals surface area contributed by atoms with Gasteiger partial charge in [0, 0.05) is 32.0 Å². The van der Waals surface area contributed by atoms with Gasteiger partial charge in [-0.3, -0.25) is 4.79 Å². The Kier molecular flexibility index (Phi) is 8.28. The molecule has 0 radical (unpaired) electrons. The van der Waals surface area contributed by atoms with E-state index in [0.717, 1.165) is 30.3 Å². The van der Waals surface area contributed by atoms with Crippen LogP contribution >= 0.6 is 24.0 Å². The van der Waals surface area contributed by atoms with Crippen LogP contribution in [0, 0.1) is 11.8 Å². The van der Waals surface area contributed by atoms with E-state index in [2.05, 4.69) is 28.3 Å². The summed E-state index contributed by atoms with van der Waals surface area (Å²) in [5.41, 5.74) is 2.11. The minimum absolute atomic E-state index is 0. The fourth-order valence-electron chi connectivity index (χ4n) is 3.46. The summed E-state index contributed by atoms with van der Waals surface area (Å²) in [7, 11) is 1.45. The summed E-state index contributed by atoms with van der Waals surface area (Å²) in [4.78, 5) is 19.0. The first kappa shape index (κ1) is 22.2. The number of carbonyl (C=O) groups is 1. The van der Waals surface area contributed by atoms with E-state index in [9.17, 15) is 4.79 Å². The van der Waals surface area contributed by atoms with Crippen molar-refractivity contribution in [2.75, 3.05) is 26.7 Å². The number of aliphatic imine (C=N–C) groups is 1. The number of guanidine groups is 1. The molecule has 7 nitrogen and oxygen atoms in total. The molecular weight excluding hydrogens is 469 g/mol. The van der Waals surface area contributed by atoms with Crippen LogP contribution in [0.15, 0.2) is 47.7 Å². The van der Waals surface area contributed by atoms with Crippen molar-refractivity contribution in [1.29, 1.82) is 0 Å². The van der Waals surface area contributed by atoms with Crippen LogP contribution < -0.4 is 5.32 Å². The van der Waals surface area contributed by atoms with Crippen molar-refractivity contribution in [3.8, 4) is 5.69 Å². The second-order valence-electron chi connectivity index (χ2n) is 6.76. The Hall–Kier alpha value is -2.10. The molecule has 0 bridgehead atoms. The number of esters is 1. The van der Waals surface area contributed by atoms with Gasteiger partial charge in [0.25, 0.3) is 0 Å². The van der Waals surface area contributed by atoms with Crippen molar-refractivity contribution in [3.63, 3.8) is 0 Å². The number of rotatable bonds is 5. The highest BCUT2D eigenvalue weighted by molar-refractivity contribution is 14.0. The van der Waals surface area contributed by atoms with E-state index in [1.807, 2.05) is 42.1 Å². The third-order valence-corrected chi connectivity index (χ3v) is 4.89. The van der Waals surface area contributed by atoms with Gasteiger partial charge >= 0.3 is 5.97 Å². The molecule has 3 rings (SSSR count). The topological polar surface area (TPSA) is 71.8 Å². The lowest BCUT2D eigenvalue weighted by molar-refractivity contribution is -0.145. The molecule has 0 aliphatic carbocycles. The lowest BCUT2D eigenvalue weighted by Crippen LogP contribution is -2.40. The summed E-state index contributed by atoms with van der Waals surface area (Å²) in [5.74, 6) is 0.795. The lowest BCUT2D eigenvalue weighted by atomic mass is 9.99. The Balaban J connectivity index is 0.00000280. The normalized spacial score (nSPS) is 19.2. The highest BCUT2D eigenvalue weighted by Gasteiger charge is 2.36. The molecule has 1 aliphatic rings. The molecule has 28 heavy (non-hydrogen) atoms. The number of hydrogen-bond donors (Lipinski definition) is 1. The molecule has 8 heteroatoms. The van der Waals surface area contributed by atoms with Gasteiger partial charge < -0.3 is 15.0 Å². The van der Waals surface area contributed by atoms with Crippen LogP contribution in [0.5, 0.6) is 0 Å². The number of ether oxygens (including phenoxy) is 1. The summed E-state index contributed by atoms with van der Waals surface area (Å²) < 4.78 is 6.79. The van der Waals surface area contributed by atoms with Crippen LogP contribution in [0.3, 0.4) is 0 Å². The Morgan fingerprint density at radius 3 is 2.79 bits per heavy atom. The van der Waals surface area contributed by atoms with E-state index in [4.69, 9.17) is 9.73 Å². The first-order valence-corrected chi connectivity index (χ1v) is 9.33. The minimum atomic E-state index is -0.148. The van der Waals surface area contributed by atoms with Gasteiger partial charge in [-0.05, 0) is 30.5 Å². The fourth-order valence-corrected chi connectivity index (χ4v) is 3.46. The molecule has 1 fully saturated rings. The standard InChI is InChI=1S/C20H27N5O2.HI/c1-4-21-20(24-13-15(2)17(14-24)19(26)27-3)22-12-16-8-5-6-9-18(16)25-11-7-10-23-25;/h5-11,15,17H,4,12-14H2,1-3H3,(H,21,22);1H. The van der Waals surface area contributed by atoms with E-state index < -0.39 is 0 Å². The molecule has 2 unspecified atom stereocenters. The highest BCUT2D eigenvalue weighted by atomic mass is 127. The average molecular weight is 497 g/mol. The van der Waals surface area contributed by atoms with Crippen LogP contribution in [-0.4, -0.2) is 53.4 Å². The largest absolute Gasteiger partial charge is 0.469 e. The van der Waals surface area contributed by atoms with Gasteiger partial charge in [-0.25, -0.2) is 9.67 Å².